The van der Waals surface area contributed by atoms with E-state index in [1.165, 1.54) is 24.2 Å². The van der Waals surface area contributed by atoms with Crippen LogP contribution < -0.4 is 10.2 Å². The Morgan fingerprint density at radius 3 is 2.73 bits per heavy atom. The second kappa shape index (κ2) is 8.73. The average molecular weight is 426 g/mol. The van der Waals surface area contributed by atoms with E-state index in [4.69, 9.17) is 4.42 Å². The lowest BCUT2D eigenvalue weighted by atomic mass is 10.2. The van der Waals surface area contributed by atoms with E-state index in [9.17, 15) is 4.79 Å². The number of fused-ring (bicyclic) bond motifs is 1. The zero-order valence-corrected chi connectivity index (χ0v) is 17.9. The summed E-state index contributed by atoms with van der Waals surface area (Å²) < 4.78 is 5.96. The molecule has 1 N–H and O–H groups in total. The molecule has 2 fully saturated rings. The summed E-state index contributed by atoms with van der Waals surface area (Å²) in [5, 5.41) is 14.6. The first-order valence-corrected chi connectivity index (χ1v) is 11.6. The van der Waals surface area contributed by atoms with Gasteiger partial charge in [0.2, 0.25) is 11.0 Å². The third-order valence-corrected chi connectivity index (χ3v) is 6.97. The van der Waals surface area contributed by atoms with Crippen LogP contribution in [0.2, 0.25) is 0 Å². The predicted octanol–water partition coefficient (Wildman–Crippen LogP) is 3.21. The largest absolute Gasteiger partial charge is 0.460 e. The number of hydrogen-bond acceptors (Lipinski definition) is 7. The van der Waals surface area contributed by atoms with Gasteiger partial charge in [-0.15, -0.1) is 10.2 Å². The fourth-order valence-corrected chi connectivity index (χ4v) is 5.25. The van der Waals surface area contributed by atoms with Crippen LogP contribution in [0.3, 0.4) is 0 Å². The Hall–Kier alpha value is -2.45. The molecule has 3 aromatic rings. The Kier molecular flexibility index (Phi) is 5.68. The molecule has 0 bridgehead atoms. The molecule has 0 unspecified atom stereocenters. The van der Waals surface area contributed by atoms with Crippen molar-refractivity contribution in [2.45, 2.75) is 44.7 Å². The van der Waals surface area contributed by atoms with Gasteiger partial charge in [0.1, 0.15) is 16.4 Å². The molecule has 1 aromatic carbocycles. The van der Waals surface area contributed by atoms with Gasteiger partial charge < -0.3 is 14.6 Å². The maximum absolute atomic E-state index is 12.2. The number of carbonyl (C=O) groups is 1. The molecule has 2 aromatic heterocycles. The fourth-order valence-electron chi connectivity index (χ4n) is 4.36. The number of furan rings is 1. The molecular weight excluding hydrogens is 398 g/mol. The molecule has 158 valence electrons. The second-order valence-electron chi connectivity index (χ2n) is 8.22. The van der Waals surface area contributed by atoms with E-state index in [-0.39, 0.29) is 5.91 Å². The maximum Gasteiger partial charge on any atom is 0.227 e. The van der Waals surface area contributed by atoms with E-state index < -0.39 is 0 Å². The number of para-hydroxylation sites is 1. The molecule has 1 saturated heterocycles. The van der Waals surface area contributed by atoms with Crippen LogP contribution in [0, 0.1) is 0 Å². The Morgan fingerprint density at radius 2 is 1.93 bits per heavy atom. The number of benzene rings is 1. The van der Waals surface area contributed by atoms with Gasteiger partial charge in [0, 0.05) is 37.6 Å². The van der Waals surface area contributed by atoms with Gasteiger partial charge in [-0.3, -0.25) is 9.69 Å². The first-order chi connectivity index (χ1) is 14.7. The highest BCUT2D eigenvalue weighted by atomic mass is 32.1. The van der Waals surface area contributed by atoms with Crippen molar-refractivity contribution in [2.24, 2.45) is 0 Å². The van der Waals surface area contributed by atoms with Gasteiger partial charge in [0.05, 0.1) is 13.0 Å². The molecule has 7 nitrogen and oxygen atoms in total. The van der Waals surface area contributed by atoms with Gasteiger partial charge in [-0.2, -0.15) is 0 Å². The normalized spacial score (nSPS) is 18.3. The van der Waals surface area contributed by atoms with Gasteiger partial charge in [-0.25, -0.2) is 0 Å². The summed E-state index contributed by atoms with van der Waals surface area (Å²) in [5.41, 5.74) is 0.949. The van der Waals surface area contributed by atoms with E-state index >= 15 is 0 Å². The highest BCUT2D eigenvalue weighted by Crippen LogP contribution is 2.24. The Balaban J connectivity index is 1.11. The average Bonchev–Trinajstić information content (AvgIpc) is 3.49. The minimum Gasteiger partial charge on any atom is -0.460 e. The molecule has 2 aliphatic rings. The number of rotatable bonds is 6. The number of carbonyl (C=O) groups excluding carboxylic acids is 1. The van der Waals surface area contributed by atoms with Crippen LogP contribution in [-0.2, 0) is 17.8 Å². The van der Waals surface area contributed by atoms with Crippen molar-refractivity contribution in [1.29, 1.82) is 0 Å². The van der Waals surface area contributed by atoms with Crippen molar-refractivity contribution >= 4 is 33.3 Å². The molecule has 5 rings (SSSR count). The van der Waals surface area contributed by atoms with Crippen LogP contribution >= 0.6 is 11.3 Å². The van der Waals surface area contributed by atoms with Crippen molar-refractivity contribution in [3.05, 3.63) is 41.1 Å². The number of anilines is 1. The molecule has 0 radical (unpaired) electrons. The number of hydrogen-bond donors (Lipinski definition) is 1. The third kappa shape index (κ3) is 4.49. The van der Waals surface area contributed by atoms with Crippen LogP contribution in [0.5, 0.6) is 0 Å². The summed E-state index contributed by atoms with van der Waals surface area (Å²) in [6, 6.07) is 10.6. The van der Waals surface area contributed by atoms with Crippen LogP contribution in [-0.4, -0.2) is 53.2 Å². The van der Waals surface area contributed by atoms with Gasteiger partial charge in [0.25, 0.3) is 0 Å². The summed E-state index contributed by atoms with van der Waals surface area (Å²) in [5.74, 6) is 1.08. The lowest BCUT2D eigenvalue weighted by Gasteiger charge is -2.33. The number of nitrogens with one attached hydrogen (secondary N) is 1. The van der Waals surface area contributed by atoms with Crippen molar-refractivity contribution < 1.29 is 9.21 Å². The van der Waals surface area contributed by atoms with E-state index in [1.807, 2.05) is 18.2 Å². The highest BCUT2D eigenvalue weighted by Gasteiger charge is 2.22. The standard InChI is InChI=1S/C22H27N5O2S/c28-20(23-17-6-2-3-7-17)14-21-24-25-22(30-21)27-11-9-26(10-12-27)15-18-13-16-5-1-4-8-19(16)29-18/h1,4-5,8,13,17H,2-3,6-7,9-12,14-15H2,(H,23,28). The number of amides is 1. The zero-order valence-electron chi connectivity index (χ0n) is 17.0. The summed E-state index contributed by atoms with van der Waals surface area (Å²) in [7, 11) is 0. The van der Waals surface area contributed by atoms with Gasteiger partial charge in [0.15, 0.2) is 0 Å². The SMILES string of the molecule is O=C(Cc1nnc(N2CCN(Cc3cc4ccccc4o3)CC2)s1)NC1CCCC1. The summed E-state index contributed by atoms with van der Waals surface area (Å²) in [4.78, 5) is 16.9. The number of nitrogens with zero attached hydrogens (tertiary/aromatic N) is 4. The van der Waals surface area contributed by atoms with Gasteiger partial charge in [-0.1, -0.05) is 42.4 Å². The van der Waals surface area contributed by atoms with Crippen molar-refractivity contribution in [2.75, 3.05) is 31.1 Å². The van der Waals surface area contributed by atoms with E-state index in [0.717, 1.165) is 72.4 Å². The smallest absolute Gasteiger partial charge is 0.227 e. The molecular formula is C22H27N5O2S. The Morgan fingerprint density at radius 1 is 1.13 bits per heavy atom. The van der Waals surface area contributed by atoms with Gasteiger partial charge >= 0.3 is 0 Å². The van der Waals surface area contributed by atoms with E-state index in [2.05, 4.69) is 37.4 Å². The Bertz CT molecular complexity index is 969. The topological polar surface area (TPSA) is 74.5 Å². The number of aromatic nitrogens is 2. The fraction of sp³-hybridized carbons (Fsp3) is 0.500. The predicted molar refractivity (Wildman–Crippen MR) is 118 cm³/mol. The first kappa shape index (κ1) is 19.5. The van der Waals surface area contributed by atoms with E-state index in [0.29, 0.717) is 12.5 Å². The third-order valence-electron chi connectivity index (χ3n) is 5.99. The quantitative estimate of drug-likeness (QED) is 0.654. The summed E-state index contributed by atoms with van der Waals surface area (Å²) in [6.07, 6.45) is 4.98. The zero-order chi connectivity index (χ0) is 20.3. The lowest BCUT2D eigenvalue weighted by molar-refractivity contribution is -0.121. The lowest BCUT2D eigenvalue weighted by Crippen LogP contribution is -2.45. The molecule has 3 heterocycles. The minimum atomic E-state index is 0.0697. The highest BCUT2D eigenvalue weighted by molar-refractivity contribution is 7.15. The molecule has 30 heavy (non-hydrogen) atoms. The second-order valence-corrected chi connectivity index (χ2v) is 9.26. The monoisotopic (exact) mass is 425 g/mol. The molecule has 1 aliphatic heterocycles. The summed E-state index contributed by atoms with van der Waals surface area (Å²) in [6.45, 7) is 4.54. The molecule has 0 atom stereocenters. The number of piperazine rings is 1. The molecule has 1 saturated carbocycles. The van der Waals surface area contributed by atoms with Crippen LogP contribution in [0.15, 0.2) is 34.7 Å². The van der Waals surface area contributed by atoms with Gasteiger partial charge in [-0.05, 0) is 25.0 Å². The molecule has 1 amide bonds. The Labute approximate surface area is 180 Å². The first-order valence-electron chi connectivity index (χ1n) is 10.8. The minimum absolute atomic E-state index is 0.0697. The molecule has 8 heteroatoms. The van der Waals surface area contributed by atoms with Crippen molar-refractivity contribution in [1.82, 2.24) is 20.4 Å². The maximum atomic E-state index is 12.2. The molecule has 1 aliphatic carbocycles. The van der Waals surface area contributed by atoms with Crippen molar-refractivity contribution in [3.8, 4) is 0 Å². The summed E-state index contributed by atoms with van der Waals surface area (Å²) >= 11 is 1.54. The van der Waals surface area contributed by atoms with Crippen molar-refractivity contribution in [3.63, 3.8) is 0 Å². The van der Waals surface area contributed by atoms with Crippen LogP contribution in [0.1, 0.15) is 36.5 Å². The van der Waals surface area contributed by atoms with Crippen LogP contribution in [0.4, 0.5) is 5.13 Å². The van der Waals surface area contributed by atoms with Crippen LogP contribution in [0.25, 0.3) is 11.0 Å². The molecule has 0 spiro atoms. The van der Waals surface area contributed by atoms with E-state index in [1.54, 1.807) is 0 Å².